The van der Waals surface area contributed by atoms with Gasteiger partial charge < -0.3 is 14.7 Å². The molecule has 3 saturated heterocycles. The molecule has 166 valence electrons. The molecule has 5 rings (SSSR count). The first-order valence-electron chi connectivity index (χ1n) is 11.6. The highest BCUT2D eigenvalue weighted by Crippen LogP contribution is 2.60. The van der Waals surface area contributed by atoms with Crippen molar-refractivity contribution in [1.29, 1.82) is 0 Å². The first-order valence-corrected chi connectivity index (χ1v) is 11.6. The Bertz CT molecular complexity index is 890. The summed E-state index contributed by atoms with van der Waals surface area (Å²) < 4.78 is 14.1. The van der Waals surface area contributed by atoms with Crippen LogP contribution in [-0.2, 0) is 14.4 Å². The summed E-state index contributed by atoms with van der Waals surface area (Å²) in [5.74, 6) is -0.630. The van der Waals surface area contributed by atoms with E-state index in [1.165, 1.54) is 17.4 Å². The predicted molar refractivity (Wildman–Crippen MR) is 114 cm³/mol. The number of para-hydroxylation sites is 1. The molecular weight excluding hydrogens is 397 g/mol. The van der Waals surface area contributed by atoms with Crippen LogP contribution in [0.3, 0.4) is 0 Å². The molecule has 1 spiro atoms. The number of piperidine rings is 2. The van der Waals surface area contributed by atoms with E-state index in [0.717, 1.165) is 45.2 Å². The third-order valence-corrected chi connectivity index (χ3v) is 7.84. The summed E-state index contributed by atoms with van der Waals surface area (Å²) in [5, 5.41) is 0. The maximum Gasteiger partial charge on any atom is 0.228 e. The summed E-state index contributed by atoms with van der Waals surface area (Å²) in [7, 11) is 0. The molecule has 0 bridgehead atoms. The molecule has 4 fully saturated rings. The van der Waals surface area contributed by atoms with E-state index in [1.54, 1.807) is 18.2 Å². The van der Waals surface area contributed by atoms with Crippen LogP contribution in [0.1, 0.15) is 44.9 Å². The molecular formula is C24H30FN3O3. The van der Waals surface area contributed by atoms with Crippen LogP contribution < -0.4 is 4.90 Å². The third-order valence-electron chi connectivity index (χ3n) is 7.84. The lowest BCUT2D eigenvalue weighted by Crippen LogP contribution is -2.44. The summed E-state index contributed by atoms with van der Waals surface area (Å²) in [6.07, 6.45) is 6.24. The SMILES string of the molecule is O=C([C@H]1CC(=O)N(c2ccccc2F)C1)N1CCC2(CC1)C[C@H]2C(=O)N1CCCCC1. The van der Waals surface area contributed by atoms with E-state index >= 15 is 0 Å². The first-order chi connectivity index (χ1) is 15.0. The zero-order valence-corrected chi connectivity index (χ0v) is 17.9. The first kappa shape index (κ1) is 20.5. The van der Waals surface area contributed by atoms with Gasteiger partial charge in [0.2, 0.25) is 17.7 Å². The van der Waals surface area contributed by atoms with E-state index in [4.69, 9.17) is 0 Å². The minimum atomic E-state index is -0.443. The van der Waals surface area contributed by atoms with E-state index in [0.29, 0.717) is 19.0 Å². The zero-order chi connectivity index (χ0) is 21.6. The number of anilines is 1. The normalized spacial score (nSPS) is 27.6. The van der Waals surface area contributed by atoms with Gasteiger partial charge in [0.1, 0.15) is 5.82 Å². The molecule has 1 saturated carbocycles. The van der Waals surface area contributed by atoms with Gasteiger partial charge in [0.25, 0.3) is 0 Å². The van der Waals surface area contributed by atoms with Gasteiger partial charge in [-0.15, -0.1) is 0 Å². The lowest BCUT2D eigenvalue weighted by atomic mass is 9.89. The number of halogens is 1. The molecule has 1 aromatic carbocycles. The van der Waals surface area contributed by atoms with Crippen molar-refractivity contribution in [3.63, 3.8) is 0 Å². The van der Waals surface area contributed by atoms with E-state index in [-0.39, 0.29) is 41.8 Å². The van der Waals surface area contributed by atoms with Gasteiger partial charge in [0.05, 0.1) is 11.6 Å². The number of nitrogens with zero attached hydrogens (tertiary/aromatic N) is 3. The second-order valence-corrected chi connectivity index (χ2v) is 9.69. The molecule has 0 N–H and O–H groups in total. The van der Waals surface area contributed by atoms with Crippen LogP contribution in [0.5, 0.6) is 0 Å². The summed E-state index contributed by atoms with van der Waals surface area (Å²) in [5.41, 5.74) is 0.327. The van der Waals surface area contributed by atoms with Gasteiger partial charge in [-0.05, 0) is 56.1 Å². The van der Waals surface area contributed by atoms with Crippen LogP contribution in [0.4, 0.5) is 10.1 Å². The predicted octanol–water partition coefficient (Wildman–Crippen LogP) is 2.82. The standard InChI is InChI=1S/C24H30FN3O3/c25-19-6-2-3-7-20(19)28-16-17(14-21(28)29)22(30)27-12-8-24(9-13-27)15-18(24)23(31)26-10-4-1-5-11-26/h2-3,6-7,17-18H,1,4-5,8-16H2/t17-,18-/m0/s1. The quantitative estimate of drug-likeness (QED) is 0.745. The minimum Gasteiger partial charge on any atom is -0.342 e. The van der Waals surface area contributed by atoms with E-state index in [2.05, 4.69) is 0 Å². The Morgan fingerprint density at radius 3 is 2.32 bits per heavy atom. The van der Waals surface area contributed by atoms with Crippen molar-refractivity contribution in [3.8, 4) is 0 Å². The third kappa shape index (κ3) is 3.72. The van der Waals surface area contributed by atoms with Crippen molar-refractivity contribution in [2.45, 2.75) is 44.9 Å². The average Bonchev–Trinajstić information content (AvgIpc) is 3.35. The second kappa shape index (κ2) is 7.92. The zero-order valence-electron chi connectivity index (χ0n) is 17.9. The Kier molecular flexibility index (Phi) is 5.22. The van der Waals surface area contributed by atoms with Crippen molar-refractivity contribution in [3.05, 3.63) is 30.1 Å². The molecule has 4 aliphatic rings. The van der Waals surface area contributed by atoms with Gasteiger partial charge in [-0.25, -0.2) is 4.39 Å². The Labute approximate surface area is 182 Å². The summed E-state index contributed by atoms with van der Waals surface area (Å²) in [6, 6.07) is 6.20. The smallest absolute Gasteiger partial charge is 0.228 e. The Hall–Kier alpha value is -2.44. The number of hydrogen-bond donors (Lipinski definition) is 0. The van der Waals surface area contributed by atoms with Crippen LogP contribution in [-0.4, -0.2) is 60.2 Å². The van der Waals surface area contributed by atoms with Gasteiger partial charge >= 0.3 is 0 Å². The van der Waals surface area contributed by atoms with Crippen molar-refractivity contribution in [1.82, 2.24) is 9.80 Å². The highest BCUT2D eigenvalue weighted by molar-refractivity contribution is 6.00. The van der Waals surface area contributed by atoms with Crippen LogP contribution in [0.2, 0.25) is 0 Å². The van der Waals surface area contributed by atoms with Crippen molar-refractivity contribution >= 4 is 23.4 Å². The molecule has 2 atom stereocenters. The molecule has 0 unspecified atom stereocenters. The maximum atomic E-state index is 14.1. The van der Waals surface area contributed by atoms with Gasteiger partial charge in [-0.1, -0.05) is 12.1 Å². The highest BCUT2D eigenvalue weighted by atomic mass is 19.1. The Morgan fingerprint density at radius 1 is 0.935 bits per heavy atom. The summed E-state index contributed by atoms with van der Waals surface area (Å²) >= 11 is 0. The molecule has 3 aliphatic heterocycles. The number of rotatable bonds is 3. The van der Waals surface area contributed by atoms with E-state index < -0.39 is 11.7 Å². The lowest BCUT2D eigenvalue weighted by Gasteiger charge is -2.35. The number of carbonyl (C=O) groups excluding carboxylic acids is 3. The van der Waals surface area contributed by atoms with Gasteiger partial charge in [0.15, 0.2) is 0 Å². The minimum absolute atomic E-state index is 0.0124. The van der Waals surface area contributed by atoms with Gasteiger partial charge in [0, 0.05) is 45.1 Å². The largest absolute Gasteiger partial charge is 0.342 e. The molecule has 0 radical (unpaired) electrons. The number of hydrogen-bond acceptors (Lipinski definition) is 3. The van der Waals surface area contributed by atoms with Crippen LogP contribution in [0.25, 0.3) is 0 Å². The number of benzene rings is 1. The van der Waals surface area contributed by atoms with E-state index in [1.807, 2.05) is 9.80 Å². The molecule has 3 heterocycles. The topological polar surface area (TPSA) is 60.9 Å². The fraction of sp³-hybridized carbons (Fsp3) is 0.625. The maximum absolute atomic E-state index is 14.1. The summed E-state index contributed by atoms with van der Waals surface area (Å²) in [6.45, 7) is 3.31. The fourth-order valence-electron chi connectivity index (χ4n) is 5.79. The van der Waals surface area contributed by atoms with Crippen molar-refractivity contribution in [2.75, 3.05) is 37.6 Å². The molecule has 31 heavy (non-hydrogen) atoms. The Balaban J connectivity index is 1.16. The molecule has 1 aliphatic carbocycles. The number of likely N-dealkylation sites (tertiary alicyclic amines) is 2. The number of amides is 3. The summed E-state index contributed by atoms with van der Waals surface area (Å²) in [4.78, 5) is 43.7. The van der Waals surface area contributed by atoms with Crippen LogP contribution >= 0.6 is 0 Å². The lowest BCUT2D eigenvalue weighted by molar-refractivity contribution is -0.138. The average molecular weight is 428 g/mol. The molecule has 1 aromatic rings. The number of carbonyl (C=O) groups is 3. The van der Waals surface area contributed by atoms with E-state index in [9.17, 15) is 18.8 Å². The van der Waals surface area contributed by atoms with Gasteiger partial charge in [-0.2, -0.15) is 0 Å². The molecule has 6 nitrogen and oxygen atoms in total. The van der Waals surface area contributed by atoms with Crippen molar-refractivity contribution in [2.24, 2.45) is 17.3 Å². The second-order valence-electron chi connectivity index (χ2n) is 9.69. The fourth-order valence-corrected chi connectivity index (χ4v) is 5.79. The van der Waals surface area contributed by atoms with Crippen LogP contribution in [0.15, 0.2) is 24.3 Å². The molecule has 3 amide bonds. The van der Waals surface area contributed by atoms with Gasteiger partial charge in [-0.3, -0.25) is 14.4 Å². The monoisotopic (exact) mass is 427 g/mol. The van der Waals surface area contributed by atoms with Crippen molar-refractivity contribution < 1.29 is 18.8 Å². The van der Waals surface area contributed by atoms with Crippen LogP contribution in [0, 0.1) is 23.1 Å². The molecule has 7 heteroatoms. The Morgan fingerprint density at radius 2 is 1.61 bits per heavy atom. The highest BCUT2D eigenvalue weighted by Gasteiger charge is 2.59. The molecule has 0 aromatic heterocycles.